The smallest absolute Gasteiger partial charge is 0.389 e. The molecule has 2 aliphatic rings. The second-order valence-electron chi connectivity index (χ2n) is 8.56. The number of azide groups is 1. The Bertz CT molecular complexity index is 1330. The van der Waals surface area contributed by atoms with Crippen molar-refractivity contribution in [2.75, 3.05) is 6.61 Å². The molecule has 0 bridgehead atoms. The monoisotopic (exact) mass is 536 g/mol. The van der Waals surface area contributed by atoms with Gasteiger partial charge in [0.05, 0.1) is 30.0 Å². The third kappa shape index (κ3) is 4.77. The molecule has 10 nitrogen and oxygen atoms in total. The summed E-state index contributed by atoms with van der Waals surface area (Å²) in [6.45, 7) is 1.46. The number of aromatic nitrogens is 3. The zero-order valence-corrected chi connectivity index (χ0v) is 19.9. The summed E-state index contributed by atoms with van der Waals surface area (Å²) < 4.78 is 60.5. The molecule has 0 amide bonds. The lowest BCUT2D eigenvalue weighted by Gasteiger charge is -2.46. The number of benzene rings is 2. The van der Waals surface area contributed by atoms with Crippen molar-refractivity contribution < 1.29 is 32.5 Å². The molecule has 0 saturated carbocycles. The van der Waals surface area contributed by atoms with Crippen molar-refractivity contribution in [1.29, 1.82) is 0 Å². The average Bonchev–Trinajstić information content (AvgIpc) is 3.26. The maximum absolute atomic E-state index is 13.8. The highest BCUT2D eigenvalue weighted by atomic mass is 35.5. The van der Waals surface area contributed by atoms with E-state index >= 15 is 0 Å². The summed E-state index contributed by atoms with van der Waals surface area (Å²) in [5.74, 6) is -0.0270. The van der Waals surface area contributed by atoms with Gasteiger partial charge in [-0.25, -0.2) is 0 Å². The van der Waals surface area contributed by atoms with E-state index in [2.05, 4.69) is 20.2 Å². The zero-order chi connectivity index (χ0) is 26.3. The van der Waals surface area contributed by atoms with E-state index in [0.717, 1.165) is 22.8 Å². The molecule has 1 N–H and O–H groups in total. The molecule has 5 rings (SSSR count). The maximum Gasteiger partial charge on any atom is 0.418 e. The summed E-state index contributed by atoms with van der Waals surface area (Å²) in [7, 11) is 0. The highest BCUT2D eigenvalue weighted by Crippen LogP contribution is 2.42. The van der Waals surface area contributed by atoms with Crippen molar-refractivity contribution in [3.63, 3.8) is 0 Å². The van der Waals surface area contributed by atoms with Gasteiger partial charge in [-0.15, -0.1) is 10.2 Å². The minimum absolute atomic E-state index is 0.00296. The standard InChI is InChI=1S/C23H20ClF3N6O4/c1-11-29-31-21(33(11)15-9-13(24)7-8-14(15)23(25,26)27)20-18(34)17(30-32-28)19-16(36-20)10-35-22(37-19)12-5-3-2-4-6-12/h2-9,16-20,22,34H,10H2,1H3/t16?,17?,18?,19-,20+,22?/m0/s1. The summed E-state index contributed by atoms with van der Waals surface area (Å²) in [6, 6.07) is 11.0. The summed E-state index contributed by atoms with van der Waals surface area (Å²) in [5.41, 5.74) is 8.60. The van der Waals surface area contributed by atoms with Crippen LogP contribution >= 0.6 is 11.6 Å². The number of rotatable bonds is 4. The summed E-state index contributed by atoms with van der Waals surface area (Å²) >= 11 is 6.03. The first-order valence-electron chi connectivity index (χ1n) is 11.2. The predicted octanol–water partition coefficient (Wildman–Crippen LogP) is 4.84. The van der Waals surface area contributed by atoms with Crippen LogP contribution in [0.1, 0.15) is 35.2 Å². The van der Waals surface area contributed by atoms with Crippen molar-refractivity contribution in [3.8, 4) is 5.69 Å². The second-order valence-corrected chi connectivity index (χ2v) is 8.99. The molecule has 2 aromatic carbocycles. The van der Waals surface area contributed by atoms with Crippen LogP contribution in [0.5, 0.6) is 0 Å². The third-order valence-corrected chi connectivity index (χ3v) is 6.48. The molecule has 2 fully saturated rings. The van der Waals surface area contributed by atoms with Crippen LogP contribution in [0.2, 0.25) is 5.02 Å². The fourth-order valence-corrected chi connectivity index (χ4v) is 4.75. The van der Waals surface area contributed by atoms with Gasteiger partial charge in [-0.1, -0.05) is 47.0 Å². The Morgan fingerprint density at radius 1 is 1.16 bits per heavy atom. The van der Waals surface area contributed by atoms with Gasteiger partial charge in [0.2, 0.25) is 0 Å². The number of aliphatic hydroxyl groups is 1. The van der Waals surface area contributed by atoms with Crippen LogP contribution in [-0.2, 0) is 20.4 Å². The van der Waals surface area contributed by atoms with E-state index in [1.165, 1.54) is 6.92 Å². The molecule has 6 atom stereocenters. The molecule has 0 spiro atoms. The van der Waals surface area contributed by atoms with Gasteiger partial charge in [-0.3, -0.25) is 4.57 Å². The van der Waals surface area contributed by atoms with E-state index in [0.29, 0.717) is 5.56 Å². The van der Waals surface area contributed by atoms with Gasteiger partial charge in [-0.2, -0.15) is 13.2 Å². The number of aliphatic hydroxyl groups excluding tert-OH is 1. The fourth-order valence-electron chi connectivity index (χ4n) is 4.59. The van der Waals surface area contributed by atoms with Gasteiger partial charge in [0, 0.05) is 15.5 Å². The lowest BCUT2D eigenvalue weighted by Crippen LogP contribution is -2.58. The van der Waals surface area contributed by atoms with Crippen LogP contribution < -0.4 is 0 Å². The number of fused-ring (bicyclic) bond motifs is 1. The first kappa shape index (κ1) is 25.5. The molecule has 1 aromatic heterocycles. The largest absolute Gasteiger partial charge is 0.418 e. The summed E-state index contributed by atoms with van der Waals surface area (Å²) in [4.78, 5) is 2.85. The van der Waals surface area contributed by atoms with Crippen molar-refractivity contribution >= 4 is 11.6 Å². The molecule has 14 heteroatoms. The van der Waals surface area contributed by atoms with E-state index in [-0.39, 0.29) is 29.0 Å². The van der Waals surface area contributed by atoms with Crippen molar-refractivity contribution in [3.05, 3.63) is 86.8 Å². The van der Waals surface area contributed by atoms with Crippen molar-refractivity contribution in [2.24, 2.45) is 5.11 Å². The molecule has 2 aliphatic heterocycles. The normalized spacial score (nSPS) is 27.8. The Balaban J connectivity index is 1.53. The number of alkyl halides is 3. The van der Waals surface area contributed by atoms with E-state index in [1.54, 1.807) is 12.1 Å². The van der Waals surface area contributed by atoms with Crippen LogP contribution in [0.15, 0.2) is 53.6 Å². The highest BCUT2D eigenvalue weighted by Gasteiger charge is 2.51. The Labute approximate surface area is 213 Å². The molecule has 4 unspecified atom stereocenters. The summed E-state index contributed by atoms with van der Waals surface area (Å²) in [5, 5.41) is 23.0. The highest BCUT2D eigenvalue weighted by molar-refractivity contribution is 6.30. The van der Waals surface area contributed by atoms with Crippen LogP contribution in [0, 0.1) is 6.92 Å². The number of hydrogen-bond acceptors (Lipinski definition) is 7. The molecule has 3 heterocycles. The van der Waals surface area contributed by atoms with Gasteiger partial charge in [0.15, 0.2) is 12.1 Å². The minimum atomic E-state index is -4.71. The van der Waals surface area contributed by atoms with E-state index in [1.807, 2.05) is 18.2 Å². The average molecular weight is 537 g/mol. The first-order valence-corrected chi connectivity index (χ1v) is 11.6. The predicted molar refractivity (Wildman–Crippen MR) is 123 cm³/mol. The number of ether oxygens (including phenoxy) is 3. The van der Waals surface area contributed by atoms with Crippen LogP contribution in [0.3, 0.4) is 0 Å². The molecule has 37 heavy (non-hydrogen) atoms. The van der Waals surface area contributed by atoms with Crippen LogP contribution in [0.25, 0.3) is 16.1 Å². The van der Waals surface area contributed by atoms with E-state index < -0.39 is 48.5 Å². The fraction of sp³-hybridized carbons (Fsp3) is 0.391. The van der Waals surface area contributed by atoms with Gasteiger partial charge >= 0.3 is 6.18 Å². The second kappa shape index (κ2) is 9.93. The number of aryl methyl sites for hydroxylation is 1. The molecular weight excluding hydrogens is 517 g/mol. The first-order chi connectivity index (χ1) is 17.7. The maximum atomic E-state index is 13.8. The molecule has 3 aromatic rings. The molecular formula is C23H20ClF3N6O4. The number of hydrogen-bond donors (Lipinski definition) is 1. The summed E-state index contributed by atoms with van der Waals surface area (Å²) in [6.07, 6.45) is -10.1. The number of halogens is 4. The van der Waals surface area contributed by atoms with E-state index in [4.69, 9.17) is 25.8 Å². The molecule has 0 radical (unpaired) electrons. The Morgan fingerprint density at radius 2 is 1.92 bits per heavy atom. The molecule has 194 valence electrons. The SMILES string of the molecule is Cc1nnc([C@@H]2OC3COC(c4ccccc4)O[C@@H]3C(N=[N+]=[N-])C2O)n1-c1cc(Cl)ccc1C(F)(F)F. The Morgan fingerprint density at radius 3 is 2.62 bits per heavy atom. The Hall–Kier alpha value is -3.19. The zero-order valence-electron chi connectivity index (χ0n) is 19.2. The van der Waals surface area contributed by atoms with Crippen molar-refractivity contribution in [1.82, 2.24) is 14.8 Å². The van der Waals surface area contributed by atoms with Gasteiger partial charge in [0.25, 0.3) is 0 Å². The van der Waals surface area contributed by atoms with E-state index in [9.17, 15) is 23.8 Å². The third-order valence-electron chi connectivity index (χ3n) is 6.24. The van der Waals surface area contributed by atoms with Crippen LogP contribution in [0.4, 0.5) is 13.2 Å². The quantitative estimate of drug-likeness (QED) is 0.289. The lowest BCUT2D eigenvalue weighted by molar-refractivity contribution is -0.309. The minimum Gasteiger partial charge on any atom is -0.389 e. The van der Waals surface area contributed by atoms with Gasteiger partial charge < -0.3 is 19.3 Å². The van der Waals surface area contributed by atoms with Crippen molar-refractivity contribution in [2.45, 2.75) is 49.8 Å². The van der Waals surface area contributed by atoms with Gasteiger partial charge in [-0.05, 0) is 30.7 Å². The topological polar surface area (TPSA) is 127 Å². The Kier molecular flexibility index (Phi) is 6.84. The molecule has 2 saturated heterocycles. The molecule has 0 aliphatic carbocycles. The van der Waals surface area contributed by atoms with Crippen LogP contribution in [-0.4, -0.2) is 50.8 Å². The number of nitrogens with zero attached hydrogens (tertiary/aromatic N) is 6. The van der Waals surface area contributed by atoms with Gasteiger partial charge in [0.1, 0.15) is 24.1 Å². The lowest BCUT2D eigenvalue weighted by atomic mass is 9.91.